The number of hydrogen-bond acceptors (Lipinski definition) is 5. The fourth-order valence-electron chi connectivity index (χ4n) is 2.18. The van der Waals surface area contributed by atoms with Gasteiger partial charge >= 0.3 is 11.9 Å². The average Bonchev–Trinajstić information content (AvgIpc) is 2.65. The zero-order chi connectivity index (χ0) is 18.9. The monoisotopic (exact) mass is 353 g/mol. The molecule has 0 fully saturated rings. The average molecular weight is 353 g/mol. The lowest BCUT2D eigenvalue weighted by Gasteiger charge is -2.10. The number of esters is 2. The van der Waals surface area contributed by atoms with E-state index in [2.05, 4.69) is 10.1 Å². The molecule has 0 saturated heterocycles. The lowest BCUT2D eigenvalue weighted by atomic mass is 10.1. The van der Waals surface area contributed by atoms with Crippen molar-refractivity contribution in [1.82, 2.24) is 5.32 Å². The van der Waals surface area contributed by atoms with Crippen molar-refractivity contribution in [3.63, 3.8) is 0 Å². The molecule has 2 rings (SSSR count). The van der Waals surface area contributed by atoms with Crippen molar-refractivity contribution < 1.29 is 23.9 Å². The Hall–Kier alpha value is -3.41. The van der Waals surface area contributed by atoms with Crippen LogP contribution in [-0.2, 0) is 25.7 Å². The highest BCUT2D eigenvalue weighted by atomic mass is 16.5. The van der Waals surface area contributed by atoms with E-state index in [4.69, 9.17) is 4.74 Å². The molecule has 2 aromatic rings. The number of amides is 1. The lowest BCUT2D eigenvalue weighted by Crippen LogP contribution is -2.26. The number of benzene rings is 2. The molecule has 1 N–H and O–H groups in total. The standard InChI is InChI=1S/C20H19NO5/c1-14(22)21-18(12-15-7-4-3-5-8-15)20(24)26-13-16-9-6-10-17(11-16)19(23)25-2/h3-12H,13H2,1-2H3,(H,21,22)/b18-12-. The number of ether oxygens (including phenoxy) is 2. The minimum Gasteiger partial charge on any atom is -0.465 e. The largest absolute Gasteiger partial charge is 0.465 e. The Morgan fingerprint density at radius 1 is 1.04 bits per heavy atom. The number of hydrogen-bond donors (Lipinski definition) is 1. The third kappa shape index (κ3) is 5.59. The molecule has 0 aliphatic heterocycles. The summed E-state index contributed by atoms with van der Waals surface area (Å²) >= 11 is 0. The van der Waals surface area contributed by atoms with Gasteiger partial charge in [-0.3, -0.25) is 4.79 Å². The maximum Gasteiger partial charge on any atom is 0.355 e. The van der Waals surface area contributed by atoms with Crippen LogP contribution in [0.15, 0.2) is 60.3 Å². The van der Waals surface area contributed by atoms with Crippen LogP contribution in [0.3, 0.4) is 0 Å². The van der Waals surface area contributed by atoms with Gasteiger partial charge < -0.3 is 14.8 Å². The van der Waals surface area contributed by atoms with Gasteiger partial charge in [0.2, 0.25) is 5.91 Å². The van der Waals surface area contributed by atoms with Crippen molar-refractivity contribution in [3.8, 4) is 0 Å². The maximum absolute atomic E-state index is 12.3. The molecule has 0 aliphatic carbocycles. The van der Waals surface area contributed by atoms with E-state index >= 15 is 0 Å². The van der Waals surface area contributed by atoms with E-state index in [1.807, 2.05) is 18.2 Å². The van der Waals surface area contributed by atoms with Crippen LogP contribution in [0.25, 0.3) is 6.08 Å². The topological polar surface area (TPSA) is 81.7 Å². The molecule has 6 heteroatoms. The molecule has 0 saturated carbocycles. The molecule has 134 valence electrons. The minimum absolute atomic E-state index is 0.0350. The van der Waals surface area contributed by atoms with Gasteiger partial charge in [-0.25, -0.2) is 9.59 Å². The van der Waals surface area contributed by atoms with Crippen molar-refractivity contribution >= 4 is 23.9 Å². The fraction of sp³-hybridized carbons (Fsp3) is 0.150. The summed E-state index contributed by atoms with van der Waals surface area (Å²) in [7, 11) is 1.29. The van der Waals surface area contributed by atoms with Crippen LogP contribution in [0.1, 0.15) is 28.4 Å². The zero-order valence-corrected chi connectivity index (χ0v) is 14.5. The van der Waals surface area contributed by atoms with E-state index in [0.717, 1.165) is 5.56 Å². The molecule has 0 bridgehead atoms. The highest BCUT2D eigenvalue weighted by molar-refractivity contribution is 5.97. The van der Waals surface area contributed by atoms with Crippen molar-refractivity contribution in [2.75, 3.05) is 7.11 Å². The molecule has 0 atom stereocenters. The molecule has 26 heavy (non-hydrogen) atoms. The molecule has 6 nitrogen and oxygen atoms in total. The van der Waals surface area contributed by atoms with Crippen LogP contribution in [0.4, 0.5) is 0 Å². The van der Waals surface area contributed by atoms with Crippen molar-refractivity contribution in [1.29, 1.82) is 0 Å². The molecule has 0 radical (unpaired) electrons. The van der Waals surface area contributed by atoms with Crippen LogP contribution in [0.2, 0.25) is 0 Å². The Morgan fingerprint density at radius 3 is 2.42 bits per heavy atom. The maximum atomic E-state index is 12.3. The molecular formula is C20H19NO5. The summed E-state index contributed by atoms with van der Waals surface area (Å²) in [6, 6.07) is 15.7. The second kappa shape index (κ2) is 9.17. The van der Waals surface area contributed by atoms with Gasteiger partial charge in [0.25, 0.3) is 0 Å². The molecule has 1 amide bonds. The molecular weight excluding hydrogens is 334 g/mol. The lowest BCUT2D eigenvalue weighted by molar-refractivity contribution is -0.141. The molecule has 0 spiro atoms. The van der Waals surface area contributed by atoms with Crippen LogP contribution in [0, 0.1) is 0 Å². The van der Waals surface area contributed by atoms with E-state index in [0.29, 0.717) is 11.1 Å². The molecule has 0 aromatic heterocycles. The Bertz CT molecular complexity index is 827. The van der Waals surface area contributed by atoms with Crippen LogP contribution < -0.4 is 5.32 Å². The van der Waals surface area contributed by atoms with Gasteiger partial charge in [-0.15, -0.1) is 0 Å². The smallest absolute Gasteiger partial charge is 0.355 e. The quantitative estimate of drug-likeness (QED) is 0.638. The highest BCUT2D eigenvalue weighted by Gasteiger charge is 2.14. The first-order chi connectivity index (χ1) is 12.5. The Balaban J connectivity index is 2.11. The molecule has 0 unspecified atom stereocenters. The van der Waals surface area contributed by atoms with Gasteiger partial charge in [-0.2, -0.15) is 0 Å². The summed E-state index contributed by atoms with van der Waals surface area (Å²) in [5.41, 5.74) is 1.78. The Morgan fingerprint density at radius 2 is 1.77 bits per heavy atom. The van der Waals surface area contributed by atoms with Crippen molar-refractivity contribution in [3.05, 3.63) is 77.0 Å². The summed E-state index contributed by atoms with van der Waals surface area (Å²) in [6.07, 6.45) is 1.54. The predicted octanol–water partition coefficient (Wildman–Crippen LogP) is 2.69. The third-order valence-corrected chi connectivity index (χ3v) is 3.36. The summed E-state index contributed by atoms with van der Waals surface area (Å²) in [5.74, 6) is -1.52. The van der Waals surface area contributed by atoms with E-state index in [1.165, 1.54) is 20.1 Å². The Labute approximate surface area is 151 Å². The first-order valence-electron chi connectivity index (χ1n) is 7.88. The molecule has 0 aliphatic rings. The number of carbonyl (C=O) groups excluding carboxylic acids is 3. The van der Waals surface area contributed by atoms with Gasteiger partial charge in [-0.05, 0) is 29.3 Å². The predicted molar refractivity (Wildman–Crippen MR) is 95.8 cm³/mol. The molecule has 2 aromatic carbocycles. The van der Waals surface area contributed by atoms with Gasteiger partial charge in [0.05, 0.1) is 12.7 Å². The summed E-state index contributed by atoms with van der Waals surface area (Å²) in [5, 5.41) is 2.48. The summed E-state index contributed by atoms with van der Waals surface area (Å²) in [6.45, 7) is 1.27. The third-order valence-electron chi connectivity index (χ3n) is 3.36. The van der Waals surface area contributed by atoms with Crippen LogP contribution >= 0.6 is 0 Å². The normalized spacial score (nSPS) is 10.8. The summed E-state index contributed by atoms with van der Waals surface area (Å²) in [4.78, 5) is 35.2. The SMILES string of the molecule is COC(=O)c1cccc(COC(=O)/C(=C/c2ccccc2)NC(C)=O)c1. The minimum atomic E-state index is -0.674. The second-order valence-corrected chi connectivity index (χ2v) is 5.42. The van der Waals surface area contributed by atoms with Gasteiger partial charge in [0, 0.05) is 6.92 Å². The van der Waals surface area contributed by atoms with Gasteiger partial charge in [-0.1, -0.05) is 42.5 Å². The van der Waals surface area contributed by atoms with E-state index in [-0.39, 0.29) is 18.2 Å². The summed E-state index contributed by atoms with van der Waals surface area (Å²) < 4.78 is 9.92. The van der Waals surface area contributed by atoms with E-state index in [9.17, 15) is 14.4 Å². The van der Waals surface area contributed by atoms with Crippen molar-refractivity contribution in [2.24, 2.45) is 0 Å². The highest BCUT2D eigenvalue weighted by Crippen LogP contribution is 2.11. The van der Waals surface area contributed by atoms with Gasteiger partial charge in [0.1, 0.15) is 12.3 Å². The fourth-order valence-corrected chi connectivity index (χ4v) is 2.18. The first kappa shape index (κ1) is 18.9. The number of nitrogens with one attached hydrogen (secondary N) is 1. The van der Waals surface area contributed by atoms with Crippen LogP contribution in [-0.4, -0.2) is 25.0 Å². The molecule has 0 heterocycles. The van der Waals surface area contributed by atoms with E-state index in [1.54, 1.807) is 36.4 Å². The Kier molecular flexibility index (Phi) is 6.68. The number of rotatable bonds is 6. The number of carbonyl (C=O) groups is 3. The van der Waals surface area contributed by atoms with Crippen molar-refractivity contribution in [2.45, 2.75) is 13.5 Å². The van der Waals surface area contributed by atoms with Crippen LogP contribution in [0.5, 0.6) is 0 Å². The zero-order valence-electron chi connectivity index (χ0n) is 14.5. The van der Waals surface area contributed by atoms with Gasteiger partial charge in [0.15, 0.2) is 0 Å². The second-order valence-electron chi connectivity index (χ2n) is 5.42. The first-order valence-corrected chi connectivity index (χ1v) is 7.88. The number of methoxy groups -OCH3 is 1. The van der Waals surface area contributed by atoms with E-state index < -0.39 is 11.9 Å².